The highest BCUT2D eigenvalue weighted by atomic mass is 79.9. The van der Waals surface area contributed by atoms with Gasteiger partial charge in [0.1, 0.15) is 16.9 Å². The molecule has 8 heteroatoms. The third-order valence-corrected chi connectivity index (χ3v) is 4.45. The van der Waals surface area contributed by atoms with Crippen LogP contribution in [-0.2, 0) is 6.54 Å². The van der Waals surface area contributed by atoms with Crippen LogP contribution in [0.15, 0.2) is 56.1 Å². The molecule has 0 spiro atoms. The van der Waals surface area contributed by atoms with Crippen LogP contribution in [0.1, 0.15) is 5.56 Å². The Labute approximate surface area is 154 Å². The molecule has 2 heterocycles. The second-order valence-electron chi connectivity index (χ2n) is 5.69. The van der Waals surface area contributed by atoms with E-state index in [1.165, 1.54) is 0 Å². The molecule has 0 unspecified atom stereocenters. The Bertz CT molecular complexity index is 1190. The van der Waals surface area contributed by atoms with Gasteiger partial charge in [0.25, 0.3) is 5.56 Å². The summed E-state index contributed by atoms with van der Waals surface area (Å²) in [4.78, 5) is 30.2. The molecule has 0 aliphatic carbocycles. The van der Waals surface area contributed by atoms with Gasteiger partial charge in [-0.25, -0.2) is 9.78 Å². The number of aromatic nitrogens is 2. The molecule has 0 aliphatic rings. The summed E-state index contributed by atoms with van der Waals surface area (Å²) in [7, 11) is 0. The van der Waals surface area contributed by atoms with Crippen LogP contribution < -0.4 is 10.9 Å². The lowest BCUT2D eigenvalue weighted by molar-refractivity contribution is 0.194. The third-order valence-electron chi connectivity index (χ3n) is 3.96. The van der Waals surface area contributed by atoms with Crippen molar-refractivity contribution in [2.45, 2.75) is 6.54 Å². The number of nitrogens with one attached hydrogen (secondary N) is 2. The number of H-pyrrole nitrogens is 1. The van der Waals surface area contributed by atoms with Gasteiger partial charge in [0.15, 0.2) is 0 Å². The van der Waals surface area contributed by atoms with Crippen LogP contribution in [0.4, 0.5) is 4.79 Å². The van der Waals surface area contributed by atoms with Crippen LogP contribution in [0, 0.1) is 0 Å². The van der Waals surface area contributed by atoms with E-state index in [0.717, 1.165) is 15.4 Å². The van der Waals surface area contributed by atoms with Crippen LogP contribution in [-0.4, -0.2) is 21.2 Å². The van der Waals surface area contributed by atoms with Crippen LogP contribution in [0.3, 0.4) is 0 Å². The average Bonchev–Trinajstić information content (AvgIpc) is 2.99. The molecule has 0 saturated carbocycles. The fourth-order valence-electron chi connectivity index (χ4n) is 2.72. The van der Waals surface area contributed by atoms with E-state index in [1.807, 2.05) is 12.1 Å². The molecule has 2 aromatic carbocycles. The number of amides is 1. The monoisotopic (exact) mass is 413 g/mol. The topological polar surface area (TPSA) is 108 Å². The number of aromatic amines is 1. The smallest absolute Gasteiger partial charge is 0.404 e. The standard InChI is InChI=1S/C18H12BrN3O4/c19-11-5-6-13-12(7-11)14-15(26-13)17(23)22-16(21-14)10-3-1-9(2-4-10)8-20-18(24)25/h1-7,20H,8H2,(H,24,25)(H,21,22,23). The van der Waals surface area contributed by atoms with E-state index in [2.05, 4.69) is 31.2 Å². The molecule has 2 aromatic heterocycles. The van der Waals surface area contributed by atoms with Crippen LogP contribution in [0.2, 0.25) is 0 Å². The van der Waals surface area contributed by atoms with Crippen molar-refractivity contribution in [3.63, 3.8) is 0 Å². The number of hydrogen-bond acceptors (Lipinski definition) is 4. The minimum absolute atomic E-state index is 0.184. The summed E-state index contributed by atoms with van der Waals surface area (Å²) in [5, 5.41) is 11.7. The van der Waals surface area contributed by atoms with Gasteiger partial charge >= 0.3 is 6.09 Å². The normalized spacial score (nSPS) is 11.1. The maximum absolute atomic E-state index is 12.4. The van der Waals surface area contributed by atoms with Gasteiger partial charge in [-0.05, 0) is 23.8 Å². The van der Waals surface area contributed by atoms with E-state index in [-0.39, 0.29) is 17.7 Å². The Morgan fingerprint density at radius 3 is 2.73 bits per heavy atom. The summed E-state index contributed by atoms with van der Waals surface area (Å²) < 4.78 is 6.48. The first-order valence-electron chi connectivity index (χ1n) is 7.69. The Morgan fingerprint density at radius 2 is 2.00 bits per heavy atom. The number of nitrogens with zero attached hydrogens (tertiary/aromatic N) is 1. The molecule has 0 saturated heterocycles. The summed E-state index contributed by atoms with van der Waals surface area (Å²) in [6.45, 7) is 0.207. The Kier molecular flexibility index (Phi) is 3.96. The van der Waals surface area contributed by atoms with Gasteiger partial charge in [0.05, 0.1) is 0 Å². The second-order valence-corrected chi connectivity index (χ2v) is 6.61. The molecular weight excluding hydrogens is 402 g/mol. The molecule has 0 bridgehead atoms. The van der Waals surface area contributed by atoms with Gasteiger partial charge < -0.3 is 19.8 Å². The molecule has 0 aliphatic heterocycles. The molecule has 4 aromatic rings. The van der Waals surface area contributed by atoms with Crippen molar-refractivity contribution in [1.82, 2.24) is 15.3 Å². The second kappa shape index (κ2) is 6.30. The van der Waals surface area contributed by atoms with Crippen molar-refractivity contribution in [3.8, 4) is 11.4 Å². The number of carbonyl (C=O) groups is 1. The zero-order valence-electron chi connectivity index (χ0n) is 13.2. The average molecular weight is 414 g/mol. The molecule has 4 rings (SSSR count). The predicted octanol–water partition coefficient (Wildman–Crippen LogP) is 3.87. The van der Waals surface area contributed by atoms with Crippen LogP contribution in [0.5, 0.6) is 0 Å². The first-order chi connectivity index (χ1) is 12.5. The van der Waals surface area contributed by atoms with Crippen molar-refractivity contribution < 1.29 is 14.3 Å². The zero-order valence-corrected chi connectivity index (χ0v) is 14.8. The number of benzene rings is 2. The highest BCUT2D eigenvalue weighted by Crippen LogP contribution is 2.29. The summed E-state index contributed by atoms with van der Waals surface area (Å²) in [6, 6.07) is 12.6. The van der Waals surface area contributed by atoms with Gasteiger partial charge in [-0.1, -0.05) is 40.2 Å². The number of fused-ring (bicyclic) bond motifs is 3. The lowest BCUT2D eigenvalue weighted by Crippen LogP contribution is -2.19. The number of carboxylic acid groups (broad SMARTS) is 1. The van der Waals surface area contributed by atoms with Gasteiger partial charge in [-0.2, -0.15) is 0 Å². The minimum atomic E-state index is -1.08. The number of rotatable bonds is 3. The van der Waals surface area contributed by atoms with E-state index < -0.39 is 6.09 Å². The largest absolute Gasteiger partial charge is 0.465 e. The molecule has 130 valence electrons. The molecule has 0 atom stereocenters. The molecule has 0 fully saturated rings. The predicted molar refractivity (Wildman–Crippen MR) is 100 cm³/mol. The first kappa shape index (κ1) is 16.3. The van der Waals surface area contributed by atoms with E-state index in [1.54, 1.807) is 30.3 Å². The SMILES string of the molecule is O=C(O)NCc1ccc(-c2nc3c(oc4ccc(Br)cc43)c(=O)[nH]2)cc1. The van der Waals surface area contributed by atoms with Crippen LogP contribution in [0.25, 0.3) is 33.5 Å². The molecular formula is C18H12BrN3O4. The maximum atomic E-state index is 12.4. The Balaban J connectivity index is 1.79. The summed E-state index contributed by atoms with van der Waals surface area (Å²) in [6.07, 6.45) is -1.08. The molecule has 1 amide bonds. The van der Waals surface area contributed by atoms with Crippen molar-refractivity contribution in [3.05, 3.63) is 62.9 Å². The third kappa shape index (κ3) is 2.95. The zero-order chi connectivity index (χ0) is 18.3. The first-order valence-corrected chi connectivity index (χ1v) is 8.49. The van der Waals surface area contributed by atoms with Gasteiger partial charge in [-0.15, -0.1) is 0 Å². The van der Waals surface area contributed by atoms with Gasteiger partial charge in [-0.3, -0.25) is 4.79 Å². The fourth-order valence-corrected chi connectivity index (χ4v) is 3.08. The number of hydrogen-bond donors (Lipinski definition) is 3. The molecule has 0 radical (unpaired) electrons. The van der Waals surface area contributed by atoms with E-state index >= 15 is 0 Å². The van der Waals surface area contributed by atoms with Crippen molar-refractivity contribution >= 4 is 44.1 Å². The molecule has 3 N–H and O–H groups in total. The maximum Gasteiger partial charge on any atom is 0.404 e. The van der Waals surface area contributed by atoms with Crippen LogP contribution >= 0.6 is 15.9 Å². The highest BCUT2D eigenvalue weighted by molar-refractivity contribution is 9.10. The van der Waals surface area contributed by atoms with Crippen molar-refractivity contribution in [2.24, 2.45) is 0 Å². The van der Waals surface area contributed by atoms with E-state index in [4.69, 9.17) is 9.52 Å². The van der Waals surface area contributed by atoms with E-state index in [9.17, 15) is 9.59 Å². The van der Waals surface area contributed by atoms with Crippen molar-refractivity contribution in [2.75, 3.05) is 0 Å². The fraction of sp³-hybridized carbons (Fsp3) is 0.0556. The highest BCUT2D eigenvalue weighted by Gasteiger charge is 2.14. The lowest BCUT2D eigenvalue weighted by Gasteiger charge is -2.04. The van der Waals surface area contributed by atoms with Gasteiger partial charge in [0, 0.05) is 22.0 Å². The Morgan fingerprint density at radius 1 is 1.23 bits per heavy atom. The Hall–Kier alpha value is -3.13. The number of furan rings is 1. The minimum Gasteiger partial charge on any atom is -0.465 e. The lowest BCUT2D eigenvalue weighted by atomic mass is 10.1. The molecule has 7 nitrogen and oxygen atoms in total. The summed E-state index contributed by atoms with van der Waals surface area (Å²) >= 11 is 3.41. The molecule has 26 heavy (non-hydrogen) atoms. The van der Waals surface area contributed by atoms with Gasteiger partial charge in [0.2, 0.25) is 5.58 Å². The van der Waals surface area contributed by atoms with E-state index in [0.29, 0.717) is 22.5 Å². The summed E-state index contributed by atoms with van der Waals surface area (Å²) in [5.41, 5.74) is 2.44. The number of halogens is 1. The summed E-state index contributed by atoms with van der Waals surface area (Å²) in [5.74, 6) is 0.419. The van der Waals surface area contributed by atoms with Crippen molar-refractivity contribution in [1.29, 1.82) is 0 Å². The quantitative estimate of drug-likeness (QED) is 0.472.